The van der Waals surface area contributed by atoms with Crippen molar-refractivity contribution in [2.75, 3.05) is 31.1 Å². The van der Waals surface area contributed by atoms with Crippen LogP contribution in [-0.2, 0) is 0 Å². The highest BCUT2D eigenvalue weighted by molar-refractivity contribution is 5.99. The number of carbonyl (C=O) groups excluding carboxylic acids is 1. The molecule has 0 atom stereocenters. The fourth-order valence-corrected chi connectivity index (χ4v) is 2.45. The van der Waals surface area contributed by atoms with Gasteiger partial charge in [0.15, 0.2) is 0 Å². The summed E-state index contributed by atoms with van der Waals surface area (Å²) in [6, 6.07) is 1.96. The molecule has 0 spiro atoms. The Morgan fingerprint density at radius 3 is 2.89 bits per heavy atom. The van der Waals surface area contributed by atoms with Crippen molar-refractivity contribution < 1.29 is 4.79 Å². The maximum Gasteiger partial charge on any atom is 0.252 e. The van der Waals surface area contributed by atoms with Crippen molar-refractivity contribution in [1.82, 2.24) is 10.3 Å². The van der Waals surface area contributed by atoms with E-state index < -0.39 is 5.91 Å². The summed E-state index contributed by atoms with van der Waals surface area (Å²) in [5.41, 5.74) is 8.61. The number of hydrogen-bond donors (Lipinski definition) is 2. The minimum absolute atomic E-state index is 0.396. The standard InChI is InChI=1S/C13H20N4O/c1-9-8-11(12(13(14)18)10(2)16-9)17-6-3-4-15-5-7-17/h8,15H,3-7H2,1-2H3,(H2,14,18). The van der Waals surface area contributed by atoms with Gasteiger partial charge in [-0.05, 0) is 32.9 Å². The van der Waals surface area contributed by atoms with E-state index in [0.29, 0.717) is 5.56 Å². The zero-order valence-corrected chi connectivity index (χ0v) is 11.0. The minimum atomic E-state index is -0.396. The lowest BCUT2D eigenvalue weighted by atomic mass is 10.1. The fourth-order valence-electron chi connectivity index (χ4n) is 2.45. The van der Waals surface area contributed by atoms with Crippen molar-refractivity contribution in [2.24, 2.45) is 5.73 Å². The quantitative estimate of drug-likeness (QED) is 0.804. The molecule has 0 unspecified atom stereocenters. The number of pyridine rings is 1. The normalized spacial score (nSPS) is 16.4. The van der Waals surface area contributed by atoms with E-state index in [1.54, 1.807) is 0 Å². The van der Waals surface area contributed by atoms with Gasteiger partial charge in [-0.1, -0.05) is 0 Å². The number of aryl methyl sites for hydroxylation is 2. The lowest BCUT2D eigenvalue weighted by molar-refractivity contribution is 0.1000. The molecule has 0 aromatic carbocycles. The first kappa shape index (κ1) is 12.8. The van der Waals surface area contributed by atoms with Gasteiger partial charge in [0.2, 0.25) is 0 Å². The van der Waals surface area contributed by atoms with Gasteiger partial charge in [-0.15, -0.1) is 0 Å². The Balaban J connectivity index is 2.43. The minimum Gasteiger partial charge on any atom is -0.369 e. The predicted molar refractivity (Wildman–Crippen MR) is 71.9 cm³/mol. The zero-order valence-electron chi connectivity index (χ0n) is 11.0. The van der Waals surface area contributed by atoms with Crippen LogP contribution in [0.25, 0.3) is 0 Å². The molecule has 1 aromatic rings. The number of aromatic nitrogens is 1. The highest BCUT2D eigenvalue weighted by Crippen LogP contribution is 2.24. The second kappa shape index (κ2) is 5.35. The first-order valence-corrected chi connectivity index (χ1v) is 6.33. The van der Waals surface area contributed by atoms with Crippen molar-refractivity contribution in [1.29, 1.82) is 0 Å². The molecular formula is C13H20N4O. The number of primary amides is 1. The van der Waals surface area contributed by atoms with E-state index in [2.05, 4.69) is 15.2 Å². The van der Waals surface area contributed by atoms with Crippen LogP contribution in [0, 0.1) is 13.8 Å². The molecule has 0 radical (unpaired) electrons. The molecule has 1 aliphatic rings. The summed E-state index contributed by atoms with van der Waals surface area (Å²) < 4.78 is 0. The van der Waals surface area contributed by atoms with Crippen molar-refractivity contribution in [3.05, 3.63) is 23.0 Å². The molecular weight excluding hydrogens is 228 g/mol. The van der Waals surface area contributed by atoms with Crippen molar-refractivity contribution >= 4 is 11.6 Å². The lowest BCUT2D eigenvalue weighted by Crippen LogP contribution is -2.31. The van der Waals surface area contributed by atoms with E-state index in [1.807, 2.05) is 19.9 Å². The van der Waals surface area contributed by atoms with Crippen LogP contribution in [0.4, 0.5) is 5.69 Å². The van der Waals surface area contributed by atoms with Gasteiger partial charge in [-0.3, -0.25) is 9.78 Å². The highest BCUT2D eigenvalue weighted by atomic mass is 16.1. The third-order valence-corrected chi connectivity index (χ3v) is 3.23. The summed E-state index contributed by atoms with van der Waals surface area (Å²) in [4.78, 5) is 18.2. The summed E-state index contributed by atoms with van der Waals surface area (Å²) >= 11 is 0. The Morgan fingerprint density at radius 1 is 1.39 bits per heavy atom. The molecule has 2 rings (SSSR count). The third kappa shape index (κ3) is 2.61. The number of hydrogen-bond acceptors (Lipinski definition) is 4. The Labute approximate surface area is 107 Å². The van der Waals surface area contributed by atoms with E-state index in [0.717, 1.165) is 49.7 Å². The van der Waals surface area contributed by atoms with Gasteiger partial charge in [0.05, 0.1) is 16.9 Å². The molecule has 1 amide bonds. The zero-order chi connectivity index (χ0) is 13.1. The summed E-state index contributed by atoms with van der Waals surface area (Å²) in [5, 5.41) is 3.35. The number of nitrogens with two attached hydrogens (primary N) is 1. The summed E-state index contributed by atoms with van der Waals surface area (Å²) in [7, 11) is 0. The summed E-state index contributed by atoms with van der Waals surface area (Å²) in [5.74, 6) is -0.396. The molecule has 1 aromatic heterocycles. The molecule has 1 fully saturated rings. The van der Waals surface area contributed by atoms with Gasteiger partial charge in [0.1, 0.15) is 0 Å². The Bertz CT molecular complexity index is 451. The van der Waals surface area contributed by atoms with Gasteiger partial charge in [0, 0.05) is 25.3 Å². The van der Waals surface area contributed by atoms with Crippen LogP contribution in [0.5, 0.6) is 0 Å². The number of amides is 1. The average molecular weight is 248 g/mol. The number of rotatable bonds is 2. The number of nitrogens with zero attached hydrogens (tertiary/aromatic N) is 2. The Kier molecular flexibility index (Phi) is 3.81. The molecule has 1 saturated heterocycles. The number of nitrogens with one attached hydrogen (secondary N) is 1. The van der Waals surface area contributed by atoms with Crippen LogP contribution >= 0.6 is 0 Å². The second-order valence-corrected chi connectivity index (χ2v) is 4.70. The van der Waals surface area contributed by atoms with E-state index >= 15 is 0 Å². The van der Waals surface area contributed by atoms with Crippen LogP contribution in [-0.4, -0.2) is 37.1 Å². The molecule has 0 bridgehead atoms. The van der Waals surface area contributed by atoms with Crippen molar-refractivity contribution in [3.63, 3.8) is 0 Å². The van der Waals surface area contributed by atoms with Gasteiger partial charge >= 0.3 is 0 Å². The molecule has 2 heterocycles. The maximum absolute atomic E-state index is 11.6. The monoisotopic (exact) mass is 248 g/mol. The second-order valence-electron chi connectivity index (χ2n) is 4.70. The maximum atomic E-state index is 11.6. The Morgan fingerprint density at radius 2 is 2.17 bits per heavy atom. The van der Waals surface area contributed by atoms with Crippen molar-refractivity contribution in [3.8, 4) is 0 Å². The molecule has 3 N–H and O–H groups in total. The smallest absolute Gasteiger partial charge is 0.252 e. The van der Waals surface area contributed by atoms with Gasteiger partial charge < -0.3 is 16.0 Å². The first-order chi connectivity index (χ1) is 8.59. The molecule has 1 aliphatic heterocycles. The SMILES string of the molecule is Cc1cc(N2CCCNCC2)c(C(N)=O)c(C)n1. The molecule has 18 heavy (non-hydrogen) atoms. The van der Waals surface area contributed by atoms with E-state index in [4.69, 9.17) is 5.73 Å². The van der Waals surface area contributed by atoms with E-state index in [9.17, 15) is 4.79 Å². The average Bonchev–Trinajstić information content (AvgIpc) is 2.55. The predicted octanol–water partition coefficient (Wildman–Crippen LogP) is 0.597. The van der Waals surface area contributed by atoms with Gasteiger partial charge in [0.25, 0.3) is 5.91 Å². The van der Waals surface area contributed by atoms with E-state index in [-0.39, 0.29) is 0 Å². The molecule has 0 aliphatic carbocycles. The van der Waals surface area contributed by atoms with Crippen LogP contribution < -0.4 is 16.0 Å². The topological polar surface area (TPSA) is 71.2 Å². The van der Waals surface area contributed by atoms with Crippen molar-refractivity contribution in [2.45, 2.75) is 20.3 Å². The van der Waals surface area contributed by atoms with Gasteiger partial charge in [-0.25, -0.2) is 0 Å². The third-order valence-electron chi connectivity index (χ3n) is 3.23. The summed E-state index contributed by atoms with van der Waals surface area (Å²) in [6.45, 7) is 7.56. The highest BCUT2D eigenvalue weighted by Gasteiger charge is 2.19. The van der Waals surface area contributed by atoms with E-state index in [1.165, 1.54) is 0 Å². The summed E-state index contributed by atoms with van der Waals surface area (Å²) in [6.07, 6.45) is 1.07. The molecule has 5 heteroatoms. The molecule has 5 nitrogen and oxygen atoms in total. The molecule has 0 saturated carbocycles. The van der Waals surface area contributed by atoms with Gasteiger partial charge in [-0.2, -0.15) is 0 Å². The van der Waals surface area contributed by atoms with Crippen LogP contribution in [0.3, 0.4) is 0 Å². The van der Waals surface area contributed by atoms with Crippen LogP contribution in [0.2, 0.25) is 0 Å². The van der Waals surface area contributed by atoms with Crippen LogP contribution in [0.1, 0.15) is 28.2 Å². The Hall–Kier alpha value is -1.62. The lowest BCUT2D eigenvalue weighted by Gasteiger charge is -2.25. The molecule has 98 valence electrons. The fraction of sp³-hybridized carbons (Fsp3) is 0.538. The van der Waals surface area contributed by atoms with Crippen LogP contribution in [0.15, 0.2) is 6.07 Å². The number of carbonyl (C=O) groups is 1. The first-order valence-electron chi connectivity index (χ1n) is 6.33. The number of anilines is 1. The largest absolute Gasteiger partial charge is 0.369 e.